The molecule has 1 atom stereocenters. The number of aliphatic hydroxyl groups is 1. The molecule has 1 rings (SSSR count). The normalized spacial score (nSPS) is 13.2. The third-order valence-corrected chi connectivity index (χ3v) is 2.92. The zero-order chi connectivity index (χ0) is 11.4. The van der Waals surface area contributed by atoms with Crippen LogP contribution in [0.4, 0.5) is 0 Å². The van der Waals surface area contributed by atoms with Crippen LogP contribution in [0.3, 0.4) is 0 Å². The summed E-state index contributed by atoms with van der Waals surface area (Å²) < 4.78 is 0. The largest absolute Gasteiger partial charge is 0.396 e. The van der Waals surface area contributed by atoms with Crippen molar-refractivity contribution >= 4 is 0 Å². The van der Waals surface area contributed by atoms with Crippen molar-refractivity contribution in [2.75, 3.05) is 6.61 Å². The minimum Gasteiger partial charge on any atom is -0.396 e. The van der Waals surface area contributed by atoms with Crippen LogP contribution in [0.15, 0.2) is 18.2 Å². The van der Waals surface area contributed by atoms with Gasteiger partial charge in [0, 0.05) is 6.61 Å². The molecule has 0 aromatic heterocycles. The Hall–Kier alpha value is -0.820. The summed E-state index contributed by atoms with van der Waals surface area (Å²) in [6.07, 6.45) is 0.862. The Labute approximate surface area is 93.1 Å². The molecule has 0 bridgehead atoms. The zero-order valence-electron chi connectivity index (χ0n) is 10.2. The molecule has 84 valence electrons. The van der Waals surface area contributed by atoms with E-state index >= 15 is 0 Å². The molecule has 0 radical (unpaired) electrons. The molecule has 0 saturated carbocycles. The van der Waals surface area contributed by atoms with Gasteiger partial charge in [-0.1, -0.05) is 43.2 Å². The molecule has 1 N–H and O–H groups in total. The average Bonchev–Trinajstić information content (AvgIpc) is 2.11. The molecular formula is C14H22O. The highest BCUT2D eigenvalue weighted by Gasteiger charge is 2.15. The first-order valence-corrected chi connectivity index (χ1v) is 5.73. The molecule has 1 heteroatoms. The van der Waals surface area contributed by atoms with E-state index in [2.05, 4.69) is 45.9 Å². The van der Waals surface area contributed by atoms with Gasteiger partial charge in [-0.25, -0.2) is 0 Å². The van der Waals surface area contributed by atoms with Gasteiger partial charge in [0.2, 0.25) is 0 Å². The highest BCUT2D eigenvalue weighted by Crippen LogP contribution is 2.28. The summed E-state index contributed by atoms with van der Waals surface area (Å²) >= 11 is 0. The Bertz CT molecular complexity index is 295. The van der Waals surface area contributed by atoms with Gasteiger partial charge in [0.1, 0.15) is 0 Å². The number of rotatable bonds is 4. The minimum atomic E-state index is 0.274. The molecule has 0 fully saturated rings. The van der Waals surface area contributed by atoms with Crippen molar-refractivity contribution < 1.29 is 5.11 Å². The molecule has 1 unspecified atom stereocenters. The maximum atomic E-state index is 9.09. The first kappa shape index (κ1) is 12.3. The quantitative estimate of drug-likeness (QED) is 0.800. The van der Waals surface area contributed by atoms with Crippen LogP contribution >= 0.6 is 0 Å². The van der Waals surface area contributed by atoms with Crippen molar-refractivity contribution in [3.8, 4) is 0 Å². The van der Waals surface area contributed by atoms with E-state index in [0.29, 0.717) is 11.8 Å². The first-order valence-electron chi connectivity index (χ1n) is 5.73. The van der Waals surface area contributed by atoms with Crippen molar-refractivity contribution in [1.82, 2.24) is 0 Å². The lowest BCUT2D eigenvalue weighted by Gasteiger charge is -2.21. The van der Waals surface area contributed by atoms with Crippen LogP contribution in [0.25, 0.3) is 0 Å². The summed E-state index contributed by atoms with van der Waals surface area (Å²) in [7, 11) is 0. The van der Waals surface area contributed by atoms with Crippen LogP contribution in [0.5, 0.6) is 0 Å². The van der Waals surface area contributed by atoms with Crippen LogP contribution in [0, 0.1) is 19.8 Å². The van der Waals surface area contributed by atoms with Gasteiger partial charge in [-0.15, -0.1) is 0 Å². The molecular weight excluding hydrogens is 184 g/mol. The predicted octanol–water partition coefficient (Wildman–Crippen LogP) is 3.43. The van der Waals surface area contributed by atoms with Crippen LogP contribution in [-0.4, -0.2) is 11.7 Å². The highest BCUT2D eigenvalue weighted by atomic mass is 16.3. The first-order chi connectivity index (χ1) is 7.04. The van der Waals surface area contributed by atoms with Crippen LogP contribution < -0.4 is 0 Å². The Balaban J connectivity index is 2.99. The van der Waals surface area contributed by atoms with Gasteiger partial charge in [-0.3, -0.25) is 0 Å². The van der Waals surface area contributed by atoms with Gasteiger partial charge >= 0.3 is 0 Å². The van der Waals surface area contributed by atoms with Crippen molar-refractivity contribution in [3.05, 3.63) is 34.9 Å². The third-order valence-electron chi connectivity index (χ3n) is 2.92. The maximum Gasteiger partial charge on any atom is 0.0436 e. The molecule has 0 aliphatic rings. The summed E-state index contributed by atoms with van der Waals surface area (Å²) in [4.78, 5) is 0. The monoisotopic (exact) mass is 206 g/mol. The third kappa shape index (κ3) is 3.35. The Morgan fingerprint density at radius 2 is 1.60 bits per heavy atom. The lowest BCUT2D eigenvalue weighted by atomic mass is 9.85. The van der Waals surface area contributed by atoms with Gasteiger partial charge < -0.3 is 5.11 Å². The number of hydrogen-bond acceptors (Lipinski definition) is 1. The molecule has 0 heterocycles. The topological polar surface area (TPSA) is 20.2 Å². The standard InChI is InChI=1S/C14H22O/c1-10(2)14(5-6-15)13-8-11(3)7-12(4)9-13/h7-10,14-15H,5-6H2,1-4H3. The van der Waals surface area contributed by atoms with Gasteiger partial charge in [-0.05, 0) is 37.7 Å². The van der Waals surface area contributed by atoms with E-state index in [4.69, 9.17) is 5.11 Å². The van der Waals surface area contributed by atoms with Crippen LogP contribution in [0.2, 0.25) is 0 Å². The molecule has 1 nitrogen and oxygen atoms in total. The fraction of sp³-hybridized carbons (Fsp3) is 0.571. The number of benzene rings is 1. The van der Waals surface area contributed by atoms with Crippen molar-refractivity contribution in [1.29, 1.82) is 0 Å². The molecule has 0 spiro atoms. The van der Waals surface area contributed by atoms with E-state index in [-0.39, 0.29) is 6.61 Å². The van der Waals surface area contributed by atoms with E-state index in [1.54, 1.807) is 0 Å². The Morgan fingerprint density at radius 3 is 2.00 bits per heavy atom. The number of hydrogen-bond donors (Lipinski definition) is 1. The molecule has 1 aromatic rings. The fourth-order valence-electron chi connectivity index (χ4n) is 2.25. The van der Waals surface area contributed by atoms with Gasteiger partial charge in [0.15, 0.2) is 0 Å². The zero-order valence-corrected chi connectivity index (χ0v) is 10.2. The molecule has 0 aliphatic carbocycles. The summed E-state index contributed by atoms with van der Waals surface area (Å²) in [5, 5.41) is 9.09. The van der Waals surface area contributed by atoms with Crippen molar-refractivity contribution in [3.63, 3.8) is 0 Å². The second kappa shape index (κ2) is 5.32. The van der Waals surface area contributed by atoms with Crippen LogP contribution in [-0.2, 0) is 0 Å². The SMILES string of the molecule is Cc1cc(C)cc(C(CCO)C(C)C)c1. The van der Waals surface area contributed by atoms with E-state index < -0.39 is 0 Å². The van der Waals surface area contributed by atoms with E-state index in [1.807, 2.05) is 0 Å². The second-order valence-electron chi connectivity index (χ2n) is 4.78. The highest BCUT2D eigenvalue weighted by molar-refractivity contribution is 5.31. The van der Waals surface area contributed by atoms with Crippen LogP contribution in [0.1, 0.15) is 42.9 Å². The smallest absolute Gasteiger partial charge is 0.0436 e. The van der Waals surface area contributed by atoms with Gasteiger partial charge in [-0.2, -0.15) is 0 Å². The summed E-state index contributed by atoms with van der Waals surface area (Å²) in [6, 6.07) is 6.68. The lowest BCUT2D eigenvalue weighted by molar-refractivity contribution is 0.261. The van der Waals surface area contributed by atoms with Crippen molar-refractivity contribution in [2.24, 2.45) is 5.92 Å². The summed E-state index contributed by atoms with van der Waals surface area (Å²) in [6.45, 7) is 8.98. The van der Waals surface area contributed by atoms with Gasteiger partial charge in [0.05, 0.1) is 0 Å². The lowest BCUT2D eigenvalue weighted by Crippen LogP contribution is -2.09. The Morgan fingerprint density at radius 1 is 1.07 bits per heavy atom. The molecule has 0 aliphatic heterocycles. The van der Waals surface area contributed by atoms with Gasteiger partial charge in [0.25, 0.3) is 0 Å². The van der Waals surface area contributed by atoms with E-state index in [0.717, 1.165) is 6.42 Å². The second-order valence-corrected chi connectivity index (χ2v) is 4.78. The van der Waals surface area contributed by atoms with Crippen molar-refractivity contribution in [2.45, 2.75) is 40.0 Å². The summed E-state index contributed by atoms with van der Waals surface area (Å²) in [5.41, 5.74) is 4.00. The fourth-order valence-corrected chi connectivity index (χ4v) is 2.25. The predicted molar refractivity (Wildman–Crippen MR) is 65.2 cm³/mol. The molecule has 0 amide bonds. The number of aliphatic hydroxyl groups excluding tert-OH is 1. The Kier molecular flexibility index (Phi) is 4.34. The summed E-state index contributed by atoms with van der Waals surface area (Å²) in [5.74, 6) is 1.06. The molecule has 15 heavy (non-hydrogen) atoms. The molecule has 1 aromatic carbocycles. The average molecular weight is 206 g/mol. The molecule has 0 saturated heterocycles. The maximum absolute atomic E-state index is 9.09. The van der Waals surface area contributed by atoms with E-state index in [1.165, 1.54) is 16.7 Å². The number of aryl methyl sites for hydroxylation is 2. The minimum absolute atomic E-state index is 0.274. The van der Waals surface area contributed by atoms with E-state index in [9.17, 15) is 0 Å².